The maximum Gasteiger partial charge on any atom is 0.137 e. The Balaban J connectivity index is 1.25. The summed E-state index contributed by atoms with van der Waals surface area (Å²) in [6.07, 6.45) is 0. The molecule has 1 aromatic heterocycles. The van der Waals surface area contributed by atoms with Crippen molar-refractivity contribution < 1.29 is 4.42 Å². The molecule has 48 heavy (non-hydrogen) atoms. The fourth-order valence-electron chi connectivity index (χ4n) is 7.02. The normalized spacial score (nSPS) is 11.3. The molecule has 8 aromatic carbocycles. The van der Waals surface area contributed by atoms with Crippen molar-refractivity contribution in [3.63, 3.8) is 0 Å². The van der Waals surface area contributed by atoms with Gasteiger partial charge in [-0.15, -0.1) is 0 Å². The van der Waals surface area contributed by atoms with Crippen LogP contribution in [-0.2, 0) is 0 Å². The molecule has 0 aliphatic heterocycles. The van der Waals surface area contributed by atoms with Gasteiger partial charge in [0.05, 0.1) is 5.69 Å². The van der Waals surface area contributed by atoms with Gasteiger partial charge >= 0.3 is 0 Å². The van der Waals surface area contributed by atoms with Gasteiger partial charge in [-0.1, -0.05) is 146 Å². The predicted molar refractivity (Wildman–Crippen MR) is 202 cm³/mol. The lowest BCUT2D eigenvalue weighted by Crippen LogP contribution is -2.11. The zero-order valence-corrected chi connectivity index (χ0v) is 26.3. The second-order valence-electron chi connectivity index (χ2n) is 12.1. The number of furan rings is 1. The van der Waals surface area contributed by atoms with E-state index in [1.807, 2.05) is 0 Å². The van der Waals surface area contributed by atoms with Crippen LogP contribution in [0.25, 0.3) is 66.1 Å². The largest absolute Gasteiger partial charge is 0.456 e. The first-order valence-corrected chi connectivity index (χ1v) is 16.4. The summed E-state index contributed by atoms with van der Waals surface area (Å²) >= 11 is 0. The molecule has 0 aliphatic carbocycles. The monoisotopic (exact) mass is 613 g/mol. The van der Waals surface area contributed by atoms with Crippen molar-refractivity contribution in [3.8, 4) is 33.4 Å². The van der Waals surface area contributed by atoms with Gasteiger partial charge in [-0.05, 0) is 75.0 Å². The summed E-state index contributed by atoms with van der Waals surface area (Å²) in [6.45, 7) is 0. The lowest BCUT2D eigenvalue weighted by Gasteiger charge is -2.28. The summed E-state index contributed by atoms with van der Waals surface area (Å²) in [4.78, 5) is 2.34. The third-order valence-electron chi connectivity index (χ3n) is 9.27. The quantitative estimate of drug-likeness (QED) is 0.185. The molecule has 9 aromatic rings. The average Bonchev–Trinajstić information content (AvgIpc) is 3.54. The van der Waals surface area contributed by atoms with E-state index in [1.54, 1.807) is 0 Å². The topological polar surface area (TPSA) is 16.4 Å². The van der Waals surface area contributed by atoms with E-state index in [2.05, 4.69) is 193 Å². The van der Waals surface area contributed by atoms with Crippen molar-refractivity contribution in [2.45, 2.75) is 0 Å². The van der Waals surface area contributed by atoms with Crippen molar-refractivity contribution in [2.75, 3.05) is 4.90 Å². The van der Waals surface area contributed by atoms with Crippen LogP contribution in [0.5, 0.6) is 0 Å². The van der Waals surface area contributed by atoms with E-state index >= 15 is 0 Å². The molecular formula is C46H31NO. The third kappa shape index (κ3) is 4.83. The van der Waals surface area contributed by atoms with Crippen LogP contribution < -0.4 is 4.90 Å². The Morgan fingerprint density at radius 2 is 0.875 bits per heavy atom. The van der Waals surface area contributed by atoms with E-state index in [0.717, 1.165) is 44.6 Å². The predicted octanol–water partition coefficient (Wildman–Crippen LogP) is 13.2. The minimum Gasteiger partial charge on any atom is -0.456 e. The Hall–Kier alpha value is -6.38. The van der Waals surface area contributed by atoms with Crippen LogP contribution in [0.3, 0.4) is 0 Å². The van der Waals surface area contributed by atoms with E-state index in [9.17, 15) is 0 Å². The van der Waals surface area contributed by atoms with Gasteiger partial charge in [0.15, 0.2) is 0 Å². The van der Waals surface area contributed by atoms with Gasteiger partial charge in [0.1, 0.15) is 11.2 Å². The first-order chi connectivity index (χ1) is 23.8. The van der Waals surface area contributed by atoms with Gasteiger partial charge in [-0.3, -0.25) is 0 Å². The highest BCUT2D eigenvalue weighted by molar-refractivity contribution is 6.22. The Bertz CT molecular complexity index is 2530. The lowest BCUT2D eigenvalue weighted by molar-refractivity contribution is 0.669. The van der Waals surface area contributed by atoms with Crippen LogP contribution in [0.1, 0.15) is 0 Å². The van der Waals surface area contributed by atoms with Gasteiger partial charge < -0.3 is 9.32 Å². The molecule has 0 amide bonds. The molecule has 2 heteroatoms. The highest BCUT2D eigenvalue weighted by Crippen LogP contribution is 2.45. The molecule has 0 bridgehead atoms. The number of benzene rings is 8. The van der Waals surface area contributed by atoms with E-state index in [4.69, 9.17) is 4.42 Å². The average molecular weight is 614 g/mol. The highest BCUT2D eigenvalue weighted by atomic mass is 16.3. The van der Waals surface area contributed by atoms with Crippen LogP contribution in [0, 0.1) is 0 Å². The van der Waals surface area contributed by atoms with E-state index < -0.39 is 0 Å². The zero-order valence-electron chi connectivity index (χ0n) is 26.3. The Morgan fingerprint density at radius 3 is 1.58 bits per heavy atom. The molecule has 9 rings (SSSR count). The minimum absolute atomic E-state index is 0.862. The van der Waals surface area contributed by atoms with Crippen LogP contribution in [0.15, 0.2) is 192 Å². The van der Waals surface area contributed by atoms with Gasteiger partial charge in [0, 0.05) is 33.8 Å². The van der Waals surface area contributed by atoms with Crippen molar-refractivity contribution in [1.82, 2.24) is 0 Å². The number of nitrogens with zero attached hydrogens (tertiary/aromatic N) is 1. The second-order valence-corrected chi connectivity index (χ2v) is 12.1. The number of hydrogen-bond acceptors (Lipinski definition) is 2. The lowest BCUT2D eigenvalue weighted by atomic mass is 9.95. The Morgan fingerprint density at radius 1 is 0.333 bits per heavy atom. The number of para-hydroxylation sites is 1. The molecule has 0 fully saturated rings. The molecule has 1 heterocycles. The highest BCUT2D eigenvalue weighted by Gasteiger charge is 2.20. The first kappa shape index (κ1) is 27.9. The van der Waals surface area contributed by atoms with E-state index in [0.29, 0.717) is 0 Å². The van der Waals surface area contributed by atoms with Gasteiger partial charge in [0.25, 0.3) is 0 Å². The number of fused-ring (bicyclic) bond motifs is 5. The van der Waals surface area contributed by atoms with Crippen LogP contribution in [-0.4, -0.2) is 0 Å². The summed E-state index contributed by atoms with van der Waals surface area (Å²) in [5, 5.41) is 4.68. The molecule has 0 radical (unpaired) electrons. The Labute approximate surface area is 279 Å². The summed E-state index contributed by atoms with van der Waals surface area (Å²) in [6, 6.07) is 66.7. The van der Waals surface area contributed by atoms with Crippen molar-refractivity contribution in [3.05, 3.63) is 188 Å². The van der Waals surface area contributed by atoms with Crippen molar-refractivity contribution >= 4 is 49.8 Å². The molecular weight excluding hydrogens is 583 g/mol. The van der Waals surface area contributed by atoms with E-state index in [-0.39, 0.29) is 0 Å². The molecule has 226 valence electrons. The molecule has 0 N–H and O–H groups in total. The summed E-state index contributed by atoms with van der Waals surface area (Å²) in [7, 11) is 0. The van der Waals surface area contributed by atoms with Gasteiger partial charge in [-0.2, -0.15) is 0 Å². The minimum atomic E-state index is 0.862. The smallest absolute Gasteiger partial charge is 0.137 e. The molecule has 0 atom stereocenters. The standard InChI is InChI=1S/C46H31NO/c1-4-14-32(15-5-1)33-24-26-36(27-25-33)47(43-23-13-12-20-38(43)34-16-6-2-7-17-34)37-28-29-41-44(30-37)48-45-31-42(35-18-8-3-9-19-35)39-21-10-11-22-40(39)46(41)45/h1-31H. The van der Waals surface area contributed by atoms with Crippen LogP contribution in [0.4, 0.5) is 17.1 Å². The first-order valence-electron chi connectivity index (χ1n) is 16.4. The van der Waals surface area contributed by atoms with Crippen LogP contribution in [0.2, 0.25) is 0 Å². The van der Waals surface area contributed by atoms with Crippen LogP contribution >= 0.6 is 0 Å². The summed E-state index contributed by atoms with van der Waals surface area (Å²) in [5.74, 6) is 0. The molecule has 0 saturated carbocycles. The molecule has 0 aliphatic rings. The molecule has 0 spiro atoms. The SMILES string of the molecule is c1ccc(-c2ccc(N(c3ccc4c(c3)oc3cc(-c5ccccc5)c5ccccc5c34)c3ccccc3-c3ccccc3)cc2)cc1. The van der Waals surface area contributed by atoms with Gasteiger partial charge in [0.2, 0.25) is 0 Å². The number of hydrogen-bond donors (Lipinski definition) is 0. The van der Waals surface area contributed by atoms with Gasteiger partial charge in [-0.25, -0.2) is 0 Å². The molecule has 2 nitrogen and oxygen atoms in total. The summed E-state index contributed by atoms with van der Waals surface area (Å²) < 4.78 is 6.75. The zero-order chi connectivity index (χ0) is 31.9. The third-order valence-corrected chi connectivity index (χ3v) is 9.27. The van der Waals surface area contributed by atoms with Crippen molar-refractivity contribution in [2.24, 2.45) is 0 Å². The number of anilines is 3. The fraction of sp³-hybridized carbons (Fsp3) is 0. The number of rotatable bonds is 6. The fourth-order valence-corrected chi connectivity index (χ4v) is 7.02. The maximum absolute atomic E-state index is 6.75. The summed E-state index contributed by atoms with van der Waals surface area (Å²) in [5.41, 5.74) is 12.0. The van der Waals surface area contributed by atoms with E-state index in [1.165, 1.54) is 38.6 Å². The molecule has 0 unspecified atom stereocenters. The molecule has 0 saturated heterocycles. The van der Waals surface area contributed by atoms with Crippen molar-refractivity contribution in [1.29, 1.82) is 0 Å². The second kappa shape index (κ2) is 11.8. The Kier molecular flexibility index (Phi) is 6.84. The maximum atomic E-state index is 6.75.